The number of hydrogen-bond acceptors (Lipinski definition) is 3. The van der Waals surface area contributed by atoms with E-state index in [9.17, 15) is 9.90 Å². The maximum atomic E-state index is 11.7. The standard InChI is InChI=1S/C19H39NO3/c1-5-6-7-8-9-10-11-12-13-14-15-17(16-21)20-18(22)23-19(2,3)4/h17,21H,5-16H2,1-4H3,(H,20,22). The molecule has 1 atom stereocenters. The number of hydrogen-bond donors (Lipinski definition) is 2. The minimum atomic E-state index is -0.499. The zero-order chi connectivity index (χ0) is 17.6. The van der Waals surface area contributed by atoms with Gasteiger partial charge in [0.2, 0.25) is 0 Å². The van der Waals surface area contributed by atoms with Crippen LogP contribution in [-0.2, 0) is 4.74 Å². The lowest BCUT2D eigenvalue weighted by Gasteiger charge is -2.22. The van der Waals surface area contributed by atoms with Crippen LogP contribution in [0.1, 0.15) is 98.3 Å². The van der Waals surface area contributed by atoms with Crippen LogP contribution in [0, 0.1) is 0 Å². The molecule has 1 amide bonds. The highest BCUT2D eigenvalue weighted by atomic mass is 16.6. The summed E-state index contributed by atoms with van der Waals surface area (Å²) < 4.78 is 5.21. The van der Waals surface area contributed by atoms with Crippen molar-refractivity contribution in [3.8, 4) is 0 Å². The minimum Gasteiger partial charge on any atom is -0.444 e. The number of unbranched alkanes of at least 4 members (excludes halogenated alkanes) is 9. The highest BCUT2D eigenvalue weighted by molar-refractivity contribution is 5.68. The first-order valence-corrected chi connectivity index (χ1v) is 9.49. The zero-order valence-electron chi connectivity index (χ0n) is 15.8. The number of carbonyl (C=O) groups is 1. The monoisotopic (exact) mass is 329 g/mol. The lowest BCUT2D eigenvalue weighted by molar-refractivity contribution is 0.0478. The summed E-state index contributed by atoms with van der Waals surface area (Å²) in [6, 6.07) is -0.195. The lowest BCUT2D eigenvalue weighted by Crippen LogP contribution is -2.41. The first kappa shape index (κ1) is 22.2. The molecule has 0 heterocycles. The number of aliphatic hydroxyl groups is 1. The Morgan fingerprint density at radius 2 is 1.43 bits per heavy atom. The molecule has 0 saturated heterocycles. The second kappa shape index (κ2) is 13.6. The van der Waals surface area contributed by atoms with E-state index in [1.54, 1.807) is 0 Å². The van der Waals surface area contributed by atoms with E-state index in [-0.39, 0.29) is 12.6 Å². The van der Waals surface area contributed by atoms with Crippen LogP contribution in [-0.4, -0.2) is 29.4 Å². The summed E-state index contributed by atoms with van der Waals surface area (Å²) in [6.07, 6.45) is 13.3. The molecule has 0 aromatic rings. The van der Waals surface area contributed by atoms with Crippen molar-refractivity contribution in [1.29, 1.82) is 0 Å². The molecule has 0 radical (unpaired) electrons. The van der Waals surface area contributed by atoms with Crippen LogP contribution in [0.5, 0.6) is 0 Å². The van der Waals surface area contributed by atoms with Gasteiger partial charge in [-0.25, -0.2) is 4.79 Å². The van der Waals surface area contributed by atoms with Gasteiger partial charge < -0.3 is 15.2 Å². The van der Waals surface area contributed by atoms with Crippen LogP contribution in [0.4, 0.5) is 4.79 Å². The molecular weight excluding hydrogens is 290 g/mol. The summed E-state index contributed by atoms with van der Waals surface area (Å²) in [5.74, 6) is 0. The Kier molecular flexibility index (Phi) is 13.2. The molecule has 0 aliphatic rings. The van der Waals surface area contributed by atoms with E-state index >= 15 is 0 Å². The summed E-state index contributed by atoms with van der Waals surface area (Å²) in [7, 11) is 0. The van der Waals surface area contributed by atoms with Gasteiger partial charge >= 0.3 is 6.09 Å². The quantitative estimate of drug-likeness (QED) is 0.458. The largest absolute Gasteiger partial charge is 0.444 e. The Bertz CT molecular complexity index is 287. The predicted octanol–water partition coefficient (Wildman–Crippen LogP) is 5.18. The van der Waals surface area contributed by atoms with Crippen molar-refractivity contribution in [3.63, 3.8) is 0 Å². The SMILES string of the molecule is CCCCCCCCCCCCC(CO)NC(=O)OC(C)(C)C. The fourth-order valence-corrected chi connectivity index (χ4v) is 2.56. The van der Waals surface area contributed by atoms with Gasteiger partial charge in [-0.2, -0.15) is 0 Å². The van der Waals surface area contributed by atoms with E-state index in [0.717, 1.165) is 12.8 Å². The maximum absolute atomic E-state index is 11.7. The lowest BCUT2D eigenvalue weighted by atomic mass is 10.0. The van der Waals surface area contributed by atoms with Crippen LogP contribution in [0.25, 0.3) is 0 Å². The molecule has 0 bridgehead atoms. The molecule has 138 valence electrons. The van der Waals surface area contributed by atoms with Gasteiger partial charge in [-0.1, -0.05) is 71.1 Å². The third-order valence-corrected chi connectivity index (χ3v) is 3.85. The Balaban J connectivity index is 3.55. The number of alkyl carbamates (subject to hydrolysis) is 1. The van der Waals surface area contributed by atoms with E-state index in [1.165, 1.54) is 57.8 Å². The predicted molar refractivity (Wildman–Crippen MR) is 96.7 cm³/mol. The molecule has 4 nitrogen and oxygen atoms in total. The van der Waals surface area contributed by atoms with Gasteiger partial charge in [0.1, 0.15) is 5.60 Å². The van der Waals surface area contributed by atoms with Gasteiger partial charge in [-0.3, -0.25) is 0 Å². The molecule has 4 heteroatoms. The van der Waals surface area contributed by atoms with Crippen molar-refractivity contribution >= 4 is 6.09 Å². The topological polar surface area (TPSA) is 58.6 Å². The fraction of sp³-hybridized carbons (Fsp3) is 0.947. The van der Waals surface area contributed by atoms with Gasteiger partial charge in [0.15, 0.2) is 0 Å². The van der Waals surface area contributed by atoms with Crippen molar-refractivity contribution in [2.45, 2.75) is 110 Å². The molecule has 0 aliphatic carbocycles. The van der Waals surface area contributed by atoms with Crippen molar-refractivity contribution in [2.24, 2.45) is 0 Å². The van der Waals surface area contributed by atoms with Gasteiger partial charge in [-0.15, -0.1) is 0 Å². The molecule has 0 aromatic carbocycles. The molecule has 0 aromatic heterocycles. The molecule has 1 unspecified atom stereocenters. The van der Waals surface area contributed by atoms with Gasteiger partial charge in [0.05, 0.1) is 12.6 Å². The van der Waals surface area contributed by atoms with Crippen LogP contribution in [0.2, 0.25) is 0 Å². The Labute approximate surface area is 143 Å². The number of nitrogens with one attached hydrogen (secondary N) is 1. The first-order chi connectivity index (χ1) is 10.9. The summed E-state index contributed by atoms with van der Waals surface area (Å²) >= 11 is 0. The number of carbonyl (C=O) groups excluding carboxylic acids is 1. The van der Waals surface area contributed by atoms with Gasteiger partial charge in [-0.05, 0) is 27.2 Å². The highest BCUT2D eigenvalue weighted by Gasteiger charge is 2.18. The normalized spacial score (nSPS) is 12.9. The molecule has 0 saturated carbocycles. The molecule has 0 spiro atoms. The number of ether oxygens (including phenoxy) is 1. The van der Waals surface area contributed by atoms with Crippen molar-refractivity contribution in [1.82, 2.24) is 5.32 Å². The van der Waals surface area contributed by atoms with E-state index in [1.807, 2.05) is 20.8 Å². The van der Waals surface area contributed by atoms with Crippen LogP contribution in [0.15, 0.2) is 0 Å². The van der Waals surface area contributed by atoms with E-state index in [2.05, 4.69) is 12.2 Å². The molecule has 2 N–H and O–H groups in total. The van der Waals surface area contributed by atoms with Crippen LogP contribution in [0.3, 0.4) is 0 Å². The van der Waals surface area contributed by atoms with Crippen molar-refractivity contribution < 1.29 is 14.6 Å². The van der Waals surface area contributed by atoms with Crippen molar-refractivity contribution in [2.75, 3.05) is 6.61 Å². The Morgan fingerprint density at radius 1 is 0.957 bits per heavy atom. The van der Waals surface area contributed by atoms with Crippen LogP contribution >= 0.6 is 0 Å². The smallest absolute Gasteiger partial charge is 0.407 e. The maximum Gasteiger partial charge on any atom is 0.407 e. The number of rotatable bonds is 13. The molecular formula is C19H39NO3. The first-order valence-electron chi connectivity index (χ1n) is 9.49. The summed E-state index contributed by atoms with van der Waals surface area (Å²) in [6.45, 7) is 7.72. The molecule has 0 rings (SSSR count). The third-order valence-electron chi connectivity index (χ3n) is 3.85. The Hall–Kier alpha value is -0.770. The number of amides is 1. The second-order valence-electron chi connectivity index (χ2n) is 7.50. The van der Waals surface area contributed by atoms with E-state index < -0.39 is 11.7 Å². The fourth-order valence-electron chi connectivity index (χ4n) is 2.56. The highest BCUT2D eigenvalue weighted by Crippen LogP contribution is 2.12. The molecule has 0 fully saturated rings. The van der Waals surface area contributed by atoms with Crippen molar-refractivity contribution in [3.05, 3.63) is 0 Å². The Morgan fingerprint density at radius 3 is 1.87 bits per heavy atom. The second-order valence-corrected chi connectivity index (χ2v) is 7.50. The summed E-state index contributed by atoms with van der Waals surface area (Å²) in [5, 5.41) is 12.1. The summed E-state index contributed by atoms with van der Waals surface area (Å²) in [4.78, 5) is 11.7. The van der Waals surface area contributed by atoms with E-state index in [4.69, 9.17) is 4.74 Å². The minimum absolute atomic E-state index is 0.0311. The summed E-state index contributed by atoms with van der Waals surface area (Å²) in [5.41, 5.74) is -0.499. The third kappa shape index (κ3) is 15.9. The molecule has 0 aliphatic heterocycles. The average molecular weight is 330 g/mol. The van der Waals surface area contributed by atoms with Gasteiger partial charge in [0, 0.05) is 0 Å². The van der Waals surface area contributed by atoms with E-state index in [0.29, 0.717) is 0 Å². The average Bonchev–Trinajstić information content (AvgIpc) is 2.46. The molecule has 23 heavy (non-hydrogen) atoms. The number of aliphatic hydroxyl groups excluding tert-OH is 1. The zero-order valence-corrected chi connectivity index (χ0v) is 15.8. The van der Waals surface area contributed by atoms with Gasteiger partial charge in [0.25, 0.3) is 0 Å². The van der Waals surface area contributed by atoms with Crippen LogP contribution < -0.4 is 5.32 Å².